The third-order valence-corrected chi connectivity index (χ3v) is 1.46. The van der Waals surface area contributed by atoms with Gasteiger partial charge in [0.1, 0.15) is 18.4 Å². The van der Waals surface area contributed by atoms with Gasteiger partial charge in [-0.3, -0.25) is 14.8 Å². The molecule has 0 N–H and O–H groups in total. The molecule has 0 saturated heterocycles. The fourth-order valence-corrected chi connectivity index (χ4v) is 0.951. The molecule has 0 saturated carbocycles. The summed E-state index contributed by atoms with van der Waals surface area (Å²) in [4.78, 5) is 9.50. The van der Waals surface area contributed by atoms with Crippen molar-refractivity contribution >= 4 is 5.69 Å². The SMILES string of the molecule is Cc1nn(CC(F)(F)F)cc1[N+](=O)[O-]. The summed E-state index contributed by atoms with van der Waals surface area (Å²) in [6, 6.07) is 0. The first-order valence-electron chi connectivity index (χ1n) is 3.55. The molecule has 0 spiro atoms. The van der Waals surface area contributed by atoms with E-state index in [4.69, 9.17) is 0 Å². The van der Waals surface area contributed by atoms with Crippen molar-refractivity contribution in [3.63, 3.8) is 0 Å². The molecule has 0 unspecified atom stereocenters. The molecule has 0 aliphatic carbocycles. The van der Waals surface area contributed by atoms with Crippen molar-refractivity contribution in [3.05, 3.63) is 22.0 Å². The zero-order chi connectivity index (χ0) is 10.9. The average molecular weight is 209 g/mol. The van der Waals surface area contributed by atoms with Crippen molar-refractivity contribution in [2.45, 2.75) is 19.6 Å². The first kappa shape index (κ1) is 10.5. The summed E-state index contributed by atoms with van der Waals surface area (Å²) >= 11 is 0. The first-order valence-corrected chi connectivity index (χ1v) is 3.55. The Hall–Kier alpha value is -1.60. The maximum Gasteiger partial charge on any atom is 0.408 e. The molecule has 0 aliphatic heterocycles. The molecule has 0 bridgehead atoms. The molecule has 1 aromatic heterocycles. The standard InChI is InChI=1S/C6H6F3N3O2/c1-4-5(12(13)14)2-11(10-4)3-6(7,8)9/h2H,3H2,1H3. The van der Waals surface area contributed by atoms with Crippen LogP contribution in [0.1, 0.15) is 5.69 Å². The fraction of sp³-hybridized carbons (Fsp3) is 0.500. The van der Waals surface area contributed by atoms with Gasteiger partial charge < -0.3 is 0 Å². The van der Waals surface area contributed by atoms with Gasteiger partial charge in [0.25, 0.3) is 0 Å². The third kappa shape index (κ3) is 2.44. The zero-order valence-electron chi connectivity index (χ0n) is 7.08. The van der Waals surface area contributed by atoms with Crippen LogP contribution in [0.25, 0.3) is 0 Å². The van der Waals surface area contributed by atoms with Crippen molar-refractivity contribution in [2.24, 2.45) is 0 Å². The lowest BCUT2D eigenvalue weighted by atomic mass is 10.4. The minimum atomic E-state index is -4.42. The molecule has 0 fully saturated rings. The Morgan fingerprint density at radius 2 is 2.21 bits per heavy atom. The van der Waals surface area contributed by atoms with Crippen LogP contribution in [-0.4, -0.2) is 20.9 Å². The van der Waals surface area contributed by atoms with Gasteiger partial charge in [0.15, 0.2) is 0 Å². The molecule has 78 valence electrons. The highest BCUT2D eigenvalue weighted by Crippen LogP contribution is 2.20. The van der Waals surface area contributed by atoms with E-state index in [0.717, 1.165) is 6.20 Å². The molecular formula is C6H6F3N3O2. The Morgan fingerprint density at radius 1 is 1.64 bits per heavy atom. The first-order chi connectivity index (χ1) is 6.29. The second-order valence-corrected chi connectivity index (χ2v) is 2.67. The second kappa shape index (κ2) is 3.28. The van der Waals surface area contributed by atoms with Crippen LogP contribution in [0.4, 0.5) is 18.9 Å². The monoisotopic (exact) mass is 209 g/mol. The van der Waals surface area contributed by atoms with E-state index >= 15 is 0 Å². The van der Waals surface area contributed by atoms with Gasteiger partial charge >= 0.3 is 11.9 Å². The predicted molar refractivity (Wildman–Crippen MR) is 39.7 cm³/mol. The summed E-state index contributed by atoms with van der Waals surface area (Å²) < 4.78 is 36.1. The van der Waals surface area contributed by atoms with Gasteiger partial charge in [-0.05, 0) is 6.92 Å². The van der Waals surface area contributed by atoms with E-state index in [-0.39, 0.29) is 5.69 Å². The van der Waals surface area contributed by atoms with E-state index in [1.807, 2.05) is 0 Å². The van der Waals surface area contributed by atoms with Crippen molar-refractivity contribution in [2.75, 3.05) is 0 Å². The van der Waals surface area contributed by atoms with E-state index < -0.39 is 23.3 Å². The maximum atomic E-state index is 11.9. The molecule has 1 aromatic rings. The molecule has 1 heterocycles. The van der Waals surface area contributed by atoms with Gasteiger partial charge in [0.05, 0.1) is 4.92 Å². The van der Waals surface area contributed by atoms with E-state index in [2.05, 4.69) is 5.10 Å². The van der Waals surface area contributed by atoms with Gasteiger partial charge in [-0.1, -0.05) is 0 Å². The van der Waals surface area contributed by atoms with Crippen LogP contribution in [0.3, 0.4) is 0 Å². The Balaban J connectivity index is 2.92. The highest BCUT2D eigenvalue weighted by atomic mass is 19.4. The minimum Gasteiger partial charge on any atom is -0.258 e. The summed E-state index contributed by atoms with van der Waals surface area (Å²) in [5, 5.41) is 13.6. The largest absolute Gasteiger partial charge is 0.408 e. The zero-order valence-corrected chi connectivity index (χ0v) is 7.08. The van der Waals surface area contributed by atoms with E-state index in [9.17, 15) is 23.3 Å². The van der Waals surface area contributed by atoms with E-state index in [0.29, 0.717) is 4.68 Å². The quantitative estimate of drug-likeness (QED) is 0.549. The number of aromatic nitrogens is 2. The van der Waals surface area contributed by atoms with Gasteiger partial charge in [-0.2, -0.15) is 18.3 Å². The van der Waals surface area contributed by atoms with Crippen LogP contribution in [-0.2, 0) is 6.54 Å². The number of alkyl halides is 3. The van der Waals surface area contributed by atoms with E-state index in [1.165, 1.54) is 6.92 Å². The van der Waals surface area contributed by atoms with Crippen LogP contribution in [0, 0.1) is 17.0 Å². The topological polar surface area (TPSA) is 61.0 Å². The van der Waals surface area contributed by atoms with Gasteiger partial charge in [-0.25, -0.2) is 0 Å². The number of hydrogen-bond donors (Lipinski definition) is 0. The summed E-state index contributed by atoms with van der Waals surface area (Å²) in [5.74, 6) is 0. The molecule has 0 atom stereocenters. The smallest absolute Gasteiger partial charge is 0.258 e. The lowest BCUT2D eigenvalue weighted by molar-refractivity contribution is -0.385. The normalized spacial score (nSPS) is 11.7. The fourth-order valence-electron chi connectivity index (χ4n) is 0.951. The molecule has 0 amide bonds. The summed E-state index contributed by atoms with van der Waals surface area (Å²) in [5.41, 5.74) is -0.437. The number of nitro groups is 1. The molecule has 0 radical (unpaired) electrons. The number of hydrogen-bond acceptors (Lipinski definition) is 3. The van der Waals surface area contributed by atoms with Crippen LogP contribution < -0.4 is 0 Å². The summed E-state index contributed by atoms with van der Waals surface area (Å²) in [6.45, 7) is -0.0350. The highest BCUT2D eigenvalue weighted by molar-refractivity contribution is 5.30. The molecular weight excluding hydrogens is 203 g/mol. The third-order valence-electron chi connectivity index (χ3n) is 1.46. The van der Waals surface area contributed by atoms with Crippen molar-refractivity contribution in [1.29, 1.82) is 0 Å². The number of aryl methyl sites for hydroxylation is 1. The number of rotatable bonds is 2. The van der Waals surface area contributed by atoms with Crippen LogP contribution in [0.5, 0.6) is 0 Å². The molecule has 0 aromatic carbocycles. The lowest BCUT2D eigenvalue weighted by Crippen LogP contribution is -2.17. The average Bonchev–Trinajstić information content (AvgIpc) is 2.26. The van der Waals surface area contributed by atoms with Gasteiger partial charge in [-0.15, -0.1) is 0 Å². The Labute approximate surface area is 76.3 Å². The highest BCUT2D eigenvalue weighted by Gasteiger charge is 2.29. The Bertz CT molecular complexity index is 358. The summed E-state index contributed by atoms with van der Waals surface area (Å²) in [7, 11) is 0. The lowest BCUT2D eigenvalue weighted by Gasteiger charge is -2.04. The van der Waals surface area contributed by atoms with E-state index in [1.54, 1.807) is 0 Å². The number of halogens is 3. The molecule has 0 aliphatic rings. The Morgan fingerprint density at radius 3 is 2.57 bits per heavy atom. The summed E-state index contributed by atoms with van der Waals surface area (Å²) in [6.07, 6.45) is -3.66. The molecule has 5 nitrogen and oxygen atoms in total. The number of nitrogens with zero attached hydrogens (tertiary/aromatic N) is 3. The Kier molecular flexibility index (Phi) is 2.45. The maximum absolute atomic E-state index is 11.9. The predicted octanol–water partition coefficient (Wildman–Crippen LogP) is 1.66. The molecule has 1 rings (SSSR count). The van der Waals surface area contributed by atoms with Gasteiger partial charge in [0, 0.05) is 0 Å². The van der Waals surface area contributed by atoms with Gasteiger partial charge in [0.2, 0.25) is 0 Å². The van der Waals surface area contributed by atoms with Crippen molar-refractivity contribution in [3.8, 4) is 0 Å². The second-order valence-electron chi connectivity index (χ2n) is 2.67. The van der Waals surface area contributed by atoms with Crippen LogP contribution in [0.2, 0.25) is 0 Å². The van der Waals surface area contributed by atoms with Crippen LogP contribution >= 0.6 is 0 Å². The van der Waals surface area contributed by atoms with Crippen LogP contribution in [0.15, 0.2) is 6.20 Å². The minimum absolute atomic E-state index is 0.0285. The van der Waals surface area contributed by atoms with Crippen molar-refractivity contribution < 1.29 is 18.1 Å². The molecule has 14 heavy (non-hydrogen) atoms. The van der Waals surface area contributed by atoms with Crippen molar-refractivity contribution in [1.82, 2.24) is 9.78 Å². The molecule has 8 heteroatoms.